The quantitative estimate of drug-likeness (QED) is 0.827. The van der Waals surface area contributed by atoms with Gasteiger partial charge in [-0.3, -0.25) is 0 Å². The van der Waals surface area contributed by atoms with E-state index in [4.69, 9.17) is 5.73 Å². The lowest BCUT2D eigenvalue weighted by Crippen LogP contribution is -2.45. The van der Waals surface area contributed by atoms with Crippen molar-refractivity contribution in [1.29, 1.82) is 0 Å². The van der Waals surface area contributed by atoms with Crippen molar-refractivity contribution < 1.29 is 8.42 Å². The topological polar surface area (TPSA) is 66.6 Å². The van der Waals surface area contributed by atoms with Gasteiger partial charge < -0.3 is 10.6 Å². The lowest BCUT2D eigenvalue weighted by atomic mass is 10.1. The van der Waals surface area contributed by atoms with Gasteiger partial charge in [0.1, 0.15) is 0 Å². The van der Waals surface area contributed by atoms with Crippen molar-refractivity contribution in [3.05, 3.63) is 0 Å². The molecule has 2 aliphatic rings. The lowest BCUT2D eigenvalue weighted by molar-refractivity contribution is 0.271. The minimum Gasteiger partial charge on any atom is -0.324 e. The van der Waals surface area contributed by atoms with Gasteiger partial charge in [0.15, 0.2) is 0 Å². The summed E-state index contributed by atoms with van der Waals surface area (Å²) in [6.45, 7) is 7.63. The van der Waals surface area contributed by atoms with Crippen LogP contribution in [0.4, 0.5) is 0 Å². The van der Waals surface area contributed by atoms with E-state index in [9.17, 15) is 8.42 Å². The van der Waals surface area contributed by atoms with Crippen LogP contribution < -0.4 is 5.73 Å². The van der Waals surface area contributed by atoms with Gasteiger partial charge in [0.25, 0.3) is 0 Å². The number of hydrogen-bond acceptors (Lipinski definition) is 4. The number of likely N-dealkylation sites (tertiary alicyclic amines) is 1. The van der Waals surface area contributed by atoms with E-state index in [-0.39, 0.29) is 23.2 Å². The molecule has 2 fully saturated rings. The maximum Gasteiger partial charge on any atom is 0.218 e. The number of nitrogens with zero attached hydrogens (tertiary/aromatic N) is 2. The average Bonchev–Trinajstić information content (AvgIpc) is 2.82. The first kappa shape index (κ1) is 17.2. The van der Waals surface area contributed by atoms with Gasteiger partial charge in [0.2, 0.25) is 10.0 Å². The minimum absolute atomic E-state index is 0. The summed E-state index contributed by atoms with van der Waals surface area (Å²) in [5.74, 6) is 0. The summed E-state index contributed by atoms with van der Waals surface area (Å²) >= 11 is 0. The Bertz CT molecular complexity index is 388. The Morgan fingerprint density at radius 1 is 1.21 bits per heavy atom. The van der Waals surface area contributed by atoms with E-state index in [2.05, 4.69) is 4.90 Å². The molecule has 1 unspecified atom stereocenters. The van der Waals surface area contributed by atoms with Crippen LogP contribution in [0.25, 0.3) is 0 Å². The molecule has 0 amide bonds. The van der Waals surface area contributed by atoms with Gasteiger partial charge in [-0.05, 0) is 39.7 Å². The summed E-state index contributed by atoms with van der Waals surface area (Å²) in [6, 6.07) is 0. The Balaban J connectivity index is 0.00000180. The summed E-state index contributed by atoms with van der Waals surface area (Å²) in [5, 5.41) is -0.224. The Hall–Kier alpha value is 0.120. The molecule has 2 N–H and O–H groups in total. The zero-order chi connectivity index (χ0) is 13.4. The van der Waals surface area contributed by atoms with E-state index in [1.54, 1.807) is 4.31 Å². The van der Waals surface area contributed by atoms with Gasteiger partial charge in [-0.25, -0.2) is 12.7 Å². The SMILES string of the molecule is CC(C)(N)CN1CCC(S(=O)(=O)N2CCCC2)C1.Cl. The maximum absolute atomic E-state index is 12.4. The number of hydrogen-bond donors (Lipinski definition) is 1. The molecule has 0 aromatic heterocycles. The Morgan fingerprint density at radius 3 is 2.32 bits per heavy atom. The molecule has 0 aromatic carbocycles. The van der Waals surface area contributed by atoms with Crippen LogP contribution in [0.3, 0.4) is 0 Å². The van der Waals surface area contributed by atoms with Gasteiger partial charge in [0, 0.05) is 31.7 Å². The van der Waals surface area contributed by atoms with Crippen molar-refractivity contribution >= 4 is 22.4 Å². The van der Waals surface area contributed by atoms with Crippen LogP contribution in [0.15, 0.2) is 0 Å². The van der Waals surface area contributed by atoms with Crippen LogP contribution in [-0.4, -0.2) is 61.1 Å². The molecule has 7 heteroatoms. The summed E-state index contributed by atoms with van der Waals surface area (Å²) < 4.78 is 26.5. The third kappa shape index (κ3) is 4.29. The molecule has 5 nitrogen and oxygen atoms in total. The van der Waals surface area contributed by atoms with Gasteiger partial charge in [-0.1, -0.05) is 0 Å². The van der Waals surface area contributed by atoms with Crippen molar-refractivity contribution in [3.8, 4) is 0 Å². The highest BCUT2D eigenvalue weighted by Gasteiger charge is 2.38. The van der Waals surface area contributed by atoms with Crippen molar-refractivity contribution in [1.82, 2.24) is 9.21 Å². The van der Waals surface area contributed by atoms with Crippen LogP contribution in [0.5, 0.6) is 0 Å². The fourth-order valence-electron chi connectivity index (χ4n) is 2.91. The maximum atomic E-state index is 12.4. The second-order valence-corrected chi connectivity index (χ2v) is 8.50. The highest BCUT2D eigenvalue weighted by atomic mass is 35.5. The van der Waals surface area contributed by atoms with Gasteiger partial charge in [-0.2, -0.15) is 0 Å². The largest absolute Gasteiger partial charge is 0.324 e. The van der Waals surface area contributed by atoms with Crippen LogP contribution in [0.2, 0.25) is 0 Å². The molecule has 0 aliphatic carbocycles. The second-order valence-electron chi connectivity index (χ2n) is 6.29. The number of halogens is 1. The summed E-state index contributed by atoms with van der Waals surface area (Å²) in [4.78, 5) is 2.18. The van der Waals surface area contributed by atoms with Crippen molar-refractivity contribution in [2.75, 3.05) is 32.7 Å². The predicted octanol–water partition coefficient (Wildman–Crippen LogP) is 0.645. The molecule has 0 radical (unpaired) electrons. The van der Waals surface area contributed by atoms with Crippen molar-refractivity contribution in [2.45, 2.75) is 43.9 Å². The molecule has 0 bridgehead atoms. The predicted molar refractivity (Wildman–Crippen MR) is 80.1 cm³/mol. The third-order valence-electron chi connectivity index (χ3n) is 3.71. The molecular formula is C12H26ClN3O2S. The van der Waals surface area contributed by atoms with E-state index in [1.165, 1.54) is 0 Å². The van der Waals surface area contributed by atoms with Crippen molar-refractivity contribution in [3.63, 3.8) is 0 Å². The minimum atomic E-state index is -3.08. The van der Waals surface area contributed by atoms with Crippen LogP contribution in [0, 0.1) is 0 Å². The van der Waals surface area contributed by atoms with E-state index in [0.717, 1.165) is 32.4 Å². The molecule has 2 rings (SSSR count). The first-order chi connectivity index (χ1) is 8.29. The molecule has 1 atom stereocenters. The first-order valence-corrected chi connectivity index (χ1v) is 8.29. The molecule has 19 heavy (non-hydrogen) atoms. The Morgan fingerprint density at radius 2 is 1.79 bits per heavy atom. The average molecular weight is 312 g/mol. The summed E-state index contributed by atoms with van der Waals surface area (Å²) in [5.41, 5.74) is 5.73. The molecule has 2 saturated heterocycles. The lowest BCUT2D eigenvalue weighted by Gasteiger charge is -2.26. The van der Waals surface area contributed by atoms with E-state index in [1.807, 2.05) is 13.8 Å². The highest BCUT2D eigenvalue weighted by molar-refractivity contribution is 7.89. The normalized spacial score (nSPS) is 26.6. The van der Waals surface area contributed by atoms with Gasteiger partial charge >= 0.3 is 0 Å². The van der Waals surface area contributed by atoms with Crippen LogP contribution in [-0.2, 0) is 10.0 Å². The van der Waals surface area contributed by atoms with Crippen molar-refractivity contribution in [2.24, 2.45) is 5.73 Å². The molecule has 2 aliphatic heterocycles. The molecule has 0 saturated carbocycles. The zero-order valence-electron chi connectivity index (χ0n) is 11.8. The molecule has 114 valence electrons. The standard InChI is InChI=1S/C12H25N3O2S.ClH/c1-12(2,13)10-14-8-5-11(9-14)18(16,17)15-6-3-4-7-15;/h11H,3-10,13H2,1-2H3;1H. The third-order valence-corrected chi connectivity index (χ3v) is 6.02. The molecule has 2 heterocycles. The molecule has 0 spiro atoms. The first-order valence-electron chi connectivity index (χ1n) is 6.79. The van der Waals surface area contributed by atoms with E-state index >= 15 is 0 Å². The smallest absolute Gasteiger partial charge is 0.218 e. The molecule has 0 aromatic rings. The van der Waals surface area contributed by atoms with Crippen LogP contribution >= 0.6 is 12.4 Å². The number of sulfonamides is 1. The fourth-order valence-corrected chi connectivity index (χ4v) is 4.90. The van der Waals surface area contributed by atoms with Gasteiger partial charge in [0.05, 0.1) is 5.25 Å². The number of rotatable bonds is 4. The Kier molecular flexibility index (Phi) is 5.66. The second kappa shape index (κ2) is 6.26. The summed E-state index contributed by atoms with van der Waals surface area (Å²) in [6.07, 6.45) is 2.76. The monoisotopic (exact) mass is 311 g/mol. The molecular weight excluding hydrogens is 286 g/mol. The summed E-state index contributed by atoms with van der Waals surface area (Å²) in [7, 11) is -3.08. The van der Waals surface area contributed by atoms with E-state index in [0.29, 0.717) is 19.6 Å². The number of nitrogens with two attached hydrogens (primary N) is 1. The van der Waals surface area contributed by atoms with Gasteiger partial charge in [-0.15, -0.1) is 12.4 Å². The highest BCUT2D eigenvalue weighted by Crippen LogP contribution is 2.24. The van der Waals surface area contributed by atoms with E-state index < -0.39 is 10.0 Å². The fraction of sp³-hybridized carbons (Fsp3) is 1.00. The zero-order valence-corrected chi connectivity index (χ0v) is 13.5. The van der Waals surface area contributed by atoms with Crippen LogP contribution in [0.1, 0.15) is 33.1 Å². The Labute approximate surface area is 123 Å².